The summed E-state index contributed by atoms with van der Waals surface area (Å²) in [5, 5.41) is 2.36. The summed E-state index contributed by atoms with van der Waals surface area (Å²) in [6, 6.07) is 7.75. The Morgan fingerprint density at radius 3 is 2.23 bits per heavy atom. The van der Waals surface area contributed by atoms with E-state index in [9.17, 15) is 9.59 Å². The summed E-state index contributed by atoms with van der Waals surface area (Å²) in [5.41, 5.74) is 1.92. The van der Waals surface area contributed by atoms with Crippen LogP contribution in [0.5, 0.6) is 11.5 Å². The number of carbonyl (C=O) groups is 2. The van der Waals surface area contributed by atoms with E-state index in [0.717, 1.165) is 5.56 Å². The smallest absolute Gasteiger partial charge is 0.493 e. The molecular weight excluding hydrogens is 499 g/mol. The summed E-state index contributed by atoms with van der Waals surface area (Å²) in [7, 11) is 4.34. The third-order valence-corrected chi connectivity index (χ3v) is 6.03. The molecule has 2 atom stereocenters. The Hall–Kier alpha value is -3.04. The van der Waals surface area contributed by atoms with E-state index < -0.39 is 18.3 Å². The Labute approximate surface area is 214 Å². The quantitative estimate of drug-likeness (QED) is 0.405. The van der Waals surface area contributed by atoms with E-state index in [1.54, 1.807) is 42.2 Å². The monoisotopic (exact) mass is 526 g/mol. The fourth-order valence-electron chi connectivity index (χ4n) is 4.10. The van der Waals surface area contributed by atoms with Crippen molar-refractivity contribution >= 4 is 41.1 Å². The lowest BCUT2D eigenvalue weighted by molar-refractivity contribution is 0.0332. The van der Waals surface area contributed by atoms with Crippen LogP contribution in [-0.4, -0.2) is 51.1 Å². The van der Waals surface area contributed by atoms with E-state index in [0.29, 0.717) is 39.2 Å². The number of anilines is 1. The number of amides is 1. The van der Waals surface area contributed by atoms with Crippen molar-refractivity contribution in [1.82, 2.24) is 4.90 Å². The second-order valence-electron chi connectivity index (χ2n) is 7.84. The van der Waals surface area contributed by atoms with Gasteiger partial charge >= 0.3 is 12.2 Å². The van der Waals surface area contributed by atoms with Crippen LogP contribution in [0, 0.1) is 0 Å². The van der Waals surface area contributed by atoms with Crippen molar-refractivity contribution in [1.29, 1.82) is 0 Å². The van der Waals surface area contributed by atoms with Crippen LogP contribution in [0.1, 0.15) is 37.4 Å². The van der Waals surface area contributed by atoms with Crippen molar-refractivity contribution in [3.05, 3.63) is 51.5 Å². The van der Waals surface area contributed by atoms with Crippen LogP contribution >= 0.6 is 23.2 Å². The Morgan fingerprint density at radius 2 is 1.66 bits per heavy atom. The number of nitrogens with zero attached hydrogens (tertiary/aromatic N) is 2. The van der Waals surface area contributed by atoms with E-state index in [4.69, 9.17) is 47.0 Å². The fourth-order valence-corrected chi connectivity index (χ4v) is 4.67. The van der Waals surface area contributed by atoms with Crippen molar-refractivity contribution in [2.75, 3.05) is 33.0 Å². The van der Waals surface area contributed by atoms with Gasteiger partial charge in [-0.1, -0.05) is 23.2 Å². The zero-order chi connectivity index (χ0) is 25.7. The predicted molar refractivity (Wildman–Crippen MR) is 131 cm³/mol. The number of hydrogen-bond acceptors (Lipinski definition) is 8. The van der Waals surface area contributed by atoms with Crippen LogP contribution < -0.4 is 14.5 Å². The molecule has 0 aliphatic carbocycles. The molecule has 190 valence electrons. The summed E-state index contributed by atoms with van der Waals surface area (Å²) in [4.78, 5) is 32.2. The van der Waals surface area contributed by atoms with Gasteiger partial charge in [0.15, 0.2) is 11.5 Å². The molecule has 1 heterocycles. The van der Waals surface area contributed by atoms with Crippen LogP contribution in [-0.2, 0) is 20.9 Å². The average Bonchev–Trinajstić information content (AvgIpc) is 2.82. The van der Waals surface area contributed by atoms with E-state index >= 15 is 0 Å². The van der Waals surface area contributed by atoms with Gasteiger partial charge in [0, 0.05) is 28.2 Å². The molecule has 1 amide bonds. The number of halogens is 2. The van der Waals surface area contributed by atoms with Crippen molar-refractivity contribution < 1.29 is 33.4 Å². The largest absolute Gasteiger partial charge is 0.533 e. The summed E-state index contributed by atoms with van der Waals surface area (Å²) in [6.45, 7) is 3.91. The first kappa shape index (κ1) is 26.6. The zero-order valence-electron chi connectivity index (χ0n) is 20.2. The third-order valence-electron chi connectivity index (χ3n) is 5.59. The maximum atomic E-state index is 13.0. The van der Waals surface area contributed by atoms with Crippen LogP contribution in [0.4, 0.5) is 15.3 Å². The van der Waals surface area contributed by atoms with Crippen molar-refractivity contribution in [2.45, 2.75) is 38.9 Å². The molecule has 0 radical (unpaired) electrons. The number of carbonyl (C=O) groups excluding carboxylic acids is 2. The third kappa shape index (κ3) is 5.97. The van der Waals surface area contributed by atoms with Crippen molar-refractivity contribution in [3.8, 4) is 11.5 Å². The van der Waals surface area contributed by atoms with E-state index in [-0.39, 0.29) is 19.2 Å². The maximum Gasteiger partial charge on any atom is 0.533 e. The van der Waals surface area contributed by atoms with E-state index in [1.165, 1.54) is 26.4 Å². The number of ether oxygens (including phenoxy) is 4. The Balaban J connectivity index is 2.11. The molecule has 0 bridgehead atoms. The topological polar surface area (TPSA) is 86.8 Å². The molecule has 0 saturated carbocycles. The standard InChI is InChI=1S/C24H28Cl2N2O7/c1-6-34-24(30)35-28-14(2)7-19(18-11-21(31-3)22(32-4)12-20(18)28)27(23(29)33-5)13-15-8-16(25)10-17(26)9-15/h8-12,14,19H,6-7,13H2,1-5H3/t14-,19+/m1/s1. The highest BCUT2D eigenvalue weighted by Gasteiger charge is 2.39. The molecular formula is C24H28Cl2N2O7. The molecule has 11 heteroatoms. The Morgan fingerprint density at radius 1 is 1.03 bits per heavy atom. The van der Waals surface area contributed by atoms with Gasteiger partial charge < -0.3 is 23.8 Å². The lowest BCUT2D eigenvalue weighted by atomic mass is 9.91. The molecule has 3 rings (SSSR count). The summed E-state index contributed by atoms with van der Waals surface area (Å²) < 4.78 is 21.1. The van der Waals surface area contributed by atoms with Crippen LogP contribution in [0.3, 0.4) is 0 Å². The second kappa shape index (κ2) is 11.6. The number of methoxy groups -OCH3 is 3. The van der Waals surface area contributed by atoms with Gasteiger partial charge in [0.1, 0.15) is 0 Å². The van der Waals surface area contributed by atoms with Crippen molar-refractivity contribution in [2.24, 2.45) is 0 Å². The molecule has 2 aromatic rings. The number of fused-ring (bicyclic) bond motifs is 1. The highest BCUT2D eigenvalue weighted by Crippen LogP contribution is 2.46. The van der Waals surface area contributed by atoms with Gasteiger partial charge in [0.25, 0.3) is 0 Å². The number of hydrogen-bond donors (Lipinski definition) is 0. The average molecular weight is 527 g/mol. The van der Waals surface area contributed by atoms with Crippen molar-refractivity contribution in [3.63, 3.8) is 0 Å². The maximum absolute atomic E-state index is 13.0. The minimum absolute atomic E-state index is 0.167. The first-order valence-corrected chi connectivity index (χ1v) is 11.7. The minimum atomic E-state index is -0.836. The van der Waals surface area contributed by atoms with Gasteiger partial charge in [0.05, 0.1) is 45.7 Å². The summed E-state index contributed by atoms with van der Waals surface area (Å²) >= 11 is 12.4. The van der Waals surface area contributed by atoms with Crippen LogP contribution in [0.25, 0.3) is 0 Å². The first-order chi connectivity index (χ1) is 16.7. The van der Waals surface area contributed by atoms with E-state index in [1.807, 2.05) is 6.92 Å². The van der Waals surface area contributed by atoms with Crippen LogP contribution in [0.15, 0.2) is 30.3 Å². The van der Waals surface area contributed by atoms with E-state index in [2.05, 4.69) is 0 Å². The molecule has 0 unspecified atom stereocenters. The molecule has 2 aromatic carbocycles. The van der Waals surface area contributed by atoms with Gasteiger partial charge in [0.2, 0.25) is 0 Å². The van der Waals surface area contributed by atoms with Gasteiger partial charge in [-0.25, -0.2) is 9.59 Å². The van der Waals surface area contributed by atoms with Gasteiger partial charge in [-0.3, -0.25) is 4.90 Å². The lowest BCUT2D eigenvalue weighted by Gasteiger charge is -2.42. The molecule has 0 aromatic heterocycles. The molecule has 0 spiro atoms. The highest BCUT2D eigenvalue weighted by molar-refractivity contribution is 6.34. The Kier molecular flexibility index (Phi) is 8.80. The highest BCUT2D eigenvalue weighted by atomic mass is 35.5. The van der Waals surface area contributed by atoms with Crippen LogP contribution in [0.2, 0.25) is 10.0 Å². The number of hydroxylamine groups is 1. The number of rotatable bonds is 7. The molecule has 0 N–H and O–H groups in total. The molecule has 1 aliphatic rings. The van der Waals surface area contributed by atoms with Gasteiger partial charge in [-0.15, -0.1) is 0 Å². The fraction of sp³-hybridized carbons (Fsp3) is 0.417. The first-order valence-electron chi connectivity index (χ1n) is 10.9. The SMILES string of the molecule is CCOC(=O)ON1c2cc(OC)c(OC)cc2[C@@H](N(Cc2cc(Cl)cc(Cl)c2)C(=O)OC)C[C@H]1C. The summed E-state index contributed by atoms with van der Waals surface area (Å²) in [6.07, 6.45) is -0.971. The number of benzene rings is 2. The molecule has 35 heavy (non-hydrogen) atoms. The molecule has 0 fully saturated rings. The minimum Gasteiger partial charge on any atom is -0.493 e. The second-order valence-corrected chi connectivity index (χ2v) is 8.72. The Bertz CT molecular complexity index is 1060. The normalized spacial score (nSPS) is 16.7. The predicted octanol–water partition coefficient (Wildman–Crippen LogP) is 6.01. The van der Waals surface area contributed by atoms with Gasteiger partial charge in [-0.05, 0) is 50.1 Å². The van der Waals surface area contributed by atoms with Gasteiger partial charge in [-0.2, -0.15) is 5.06 Å². The summed E-state index contributed by atoms with van der Waals surface area (Å²) in [5.74, 6) is 0.889. The lowest BCUT2D eigenvalue weighted by Crippen LogP contribution is -2.45. The molecule has 0 saturated heterocycles. The molecule has 1 aliphatic heterocycles. The molecule has 9 nitrogen and oxygen atoms in total. The zero-order valence-corrected chi connectivity index (χ0v) is 21.7.